The van der Waals surface area contributed by atoms with Crippen molar-refractivity contribution in [1.82, 2.24) is 19.1 Å². The van der Waals surface area contributed by atoms with Crippen LogP contribution >= 0.6 is 11.8 Å². The van der Waals surface area contributed by atoms with Crippen LogP contribution in [0.3, 0.4) is 0 Å². The molecule has 1 aliphatic carbocycles. The van der Waals surface area contributed by atoms with Crippen molar-refractivity contribution in [3.63, 3.8) is 0 Å². The van der Waals surface area contributed by atoms with Crippen LogP contribution < -0.4 is 11.2 Å². The molecule has 0 unspecified atom stereocenters. The van der Waals surface area contributed by atoms with E-state index in [1.165, 1.54) is 11.6 Å². The first-order chi connectivity index (χ1) is 10.4. The molecule has 1 saturated carbocycles. The molecule has 6 nitrogen and oxygen atoms in total. The minimum Gasteiger partial charge on any atom is -0.280 e. The van der Waals surface area contributed by atoms with Gasteiger partial charge >= 0.3 is 5.69 Å². The van der Waals surface area contributed by atoms with Gasteiger partial charge in [0.15, 0.2) is 5.65 Å². The van der Waals surface area contributed by atoms with Crippen molar-refractivity contribution in [3.8, 4) is 0 Å². The molecule has 3 rings (SSSR count). The van der Waals surface area contributed by atoms with Crippen molar-refractivity contribution < 1.29 is 0 Å². The maximum atomic E-state index is 12.5. The van der Waals surface area contributed by atoms with Crippen molar-refractivity contribution in [2.24, 2.45) is 14.1 Å². The summed E-state index contributed by atoms with van der Waals surface area (Å²) in [5.41, 5.74) is -0.209. The van der Waals surface area contributed by atoms with Crippen molar-refractivity contribution >= 4 is 22.8 Å². The summed E-state index contributed by atoms with van der Waals surface area (Å²) in [6, 6.07) is 0. The molecule has 0 aliphatic heterocycles. The monoisotopic (exact) mass is 320 g/mol. The van der Waals surface area contributed by atoms with Gasteiger partial charge in [0.25, 0.3) is 5.56 Å². The first-order valence-electron chi connectivity index (χ1n) is 7.58. The highest BCUT2D eigenvalue weighted by Gasteiger charge is 2.29. The van der Waals surface area contributed by atoms with Crippen LogP contribution in [0.25, 0.3) is 11.0 Å². The molecule has 1 fully saturated rings. The van der Waals surface area contributed by atoms with Gasteiger partial charge in [0, 0.05) is 25.3 Å². The first kappa shape index (κ1) is 15.3. The Morgan fingerprint density at radius 2 is 1.91 bits per heavy atom. The van der Waals surface area contributed by atoms with E-state index in [0.717, 1.165) is 29.7 Å². The standard InChI is InChI=1S/C15H20N4O2S/c1-5-8(2)22-13-10-12(16-11(17-13)9-6-7-9)18(3)15(21)19(4)14(10)20/h8-9H,5-7H2,1-4H3/t8-/m0/s1. The van der Waals surface area contributed by atoms with Crippen molar-refractivity contribution in [2.75, 3.05) is 0 Å². The summed E-state index contributed by atoms with van der Waals surface area (Å²) in [4.78, 5) is 33.9. The van der Waals surface area contributed by atoms with Crippen molar-refractivity contribution in [2.45, 2.75) is 49.3 Å². The average molecular weight is 320 g/mol. The number of aromatic nitrogens is 4. The second-order valence-corrected chi connectivity index (χ2v) is 7.33. The summed E-state index contributed by atoms with van der Waals surface area (Å²) in [5, 5.41) is 1.52. The lowest BCUT2D eigenvalue weighted by atomic mass is 10.3. The zero-order valence-corrected chi connectivity index (χ0v) is 14.1. The number of rotatable bonds is 4. The number of hydrogen-bond acceptors (Lipinski definition) is 5. The molecule has 2 aromatic heterocycles. The highest BCUT2D eigenvalue weighted by Crippen LogP contribution is 2.39. The van der Waals surface area contributed by atoms with E-state index in [2.05, 4.69) is 23.8 Å². The summed E-state index contributed by atoms with van der Waals surface area (Å²) >= 11 is 1.59. The van der Waals surface area contributed by atoms with Gasteiger partial charge in [-0.3, -0.25) is 13.9 Å². The van der Waals surface area contributed by atoms with Crippen LogP contribution in [0.5, 0.6) is 0 Å². The fourth-order valence-corrected chi connectivity index (χ4v) is 3.32. The largest absolute Gasteiger partial charge is 0.332 e. The number of fused-ring (bicyclic) bond motifs is 1. The molecule has 0 bridgehead atoms. The van der Waals surface area contributed by atoms with E-state index in [1.54, 1.807) is 18.8 Å². The van der Waals surface area contributed by atoms with Crippen LogP contribution in [-0.4, -0.2) is 24.4 Å². The van der Waals surface area contributed by atoms with Gasteiger partial charge in [0.05, 0.1) is 0 Å². The molecule has 1 atom stereocenters. The van der Waals surface area contributed by atoms with Gasteiger partial charge in [0.2, 0.25) is 0 Å². The fraction of sp³-hybridized carbons (Fsp3) is 0.600. The molecular formula is C15H20N4O2S. The lowest BCUT2D eigenvalue weighted by Gasteiger charge is -2.13. The molecular weight excluding hydrogens is 300 g/mol. The Labute approximate surface area is 132 Å². The predicted molar refractivity (Wildman–Crippen MR) is 87.6 cm³/mol. The van der Waals surface area contributed by atoms with Gasteiger partial charge in [0.1, 0.15) is 16.2 Å². The van der Waals surface area contributed by atoms with Gasteiger partial charge in [-0.15, -0.1) is 11.8 Å². The van der Waals surface area contributed by atoms with Crippen LogP contribution in [-0.2, 0) is 14.1 Å². The molecule has 22 heavy (non-hydrogen) atoms. The zero-order chi connectivity index (χ0) is 16.0. The van der Waals surface area contributed by atoms with Gasteiger partial charge in [-0.2, -0.15) is 0 Å². The predicted octanol–water partition coefficient (Wildman–Crippen LogP) is 1.80. The molecule has 2 heterocycles. The Kier molecular flexibility index (Phi) is 3.84. The molecule has 0 amide bonds. The Bertz CT molecular complexity index is 851. The normalized spacial score (nSPS) is 16.2. The quantitative estimate of drug-likeness (QED) is 0.634. The third-order valence-corrected chi connectivity index (χ3v) is 5.37. The zero-order valence-electron chi connectivity index (χ0n) is 13.3. The molecule has 0 aromatic carbocycles. The summed E-state index contributed by atoms with van der Waals surface area (Å²) in [6.45, 7) is 4.22. The molecule has 0 radical (unpaired) electrons. The lowest BCUT2D eigenvalue weighted by Crippen LogP contribution is -2.38. The maximum Gasteiger partial charge on any atom is 0.332 e. The highest BCUT2D eigenvalue weighted by atomic mass is 32.2. The lowest BCUT2D eigenvalue weighted by molar-refractivity contribution is 0.698. The van der Waals surface area contributed by atoms with Crippen molar-refractivity contribution in [3.05, 3.63) is 26.7 Å². The van der Waals surface area contributed by atoms with Gasteiger partial charge in [-0.25, -0.2) is 14.8 Å². The van der Waals surface area contributed by atoms with E-state index < -0.39 is 0 Å². The van der Waals surface area contributed by atoms with Crippen LogP contribution in [0.4, 0.5) is 0 Å². The van der Waals surface area contributed by atoms with Crippen LogP contribution in [0.2, 0.25) is 0 Å². The second-order valence-electron chi connectivity index (χ2n) is 5.90. The van der Waals surface area contributed by atoms with E-state index in [1.807, 2.05) is 0 Å². The van der Waals surface area contributed by atoms with Crippen molar-refractivity contribution in [1.29, 1.82) is 0 Å². The Morgan fingerprint density at radius 3 is 2.50 bits per heavy atom. The van der Waals surface area contributed by atoms with Gasteiger partial charge in [-0.1, -0.05) is 13.8 Å². The topological polar surface area (TPSA) is 69.8 Å². The Hall–Kier alpha value is -1.63. The molecule has 0 N–H and O–H groups in total. The number of thioether (sulfide) groups is 1. The third kappa shape index (κ3) is 2.47. The SMILES string of the molecule is CC[C@H](C)Sc1nc(C2CC2)nc2c1c(=O)n(C)c(=O)n2C. The van der Waals surface area contributed by atoms with Crippen LogP contribution in [0, 0.1) is 0 Å². The second kappa shape index (κ2) is 5.53. The smallest absolute Gasteiger partial charge is 0.280 e. The Balaban J connectivity index is 2.35. The Morgan fingerprint density at radius 1 is 1.23 bits per heavy atom. The number of nitrogens with zero attached hydrogens (tertiary/aromatic N) is 4. The minimum absolute atomic E-state index is 0.314. The van der Waals surface area contributed by atoms with E-state index >= 15 is 0 Å². The molecule has 0 spiro atoms. The molecule has 118 valence electrons. The first-order valence-corrected chi connectivity index (χ1v) is 8.46. The van der Waals surface area contributed by atoms with E-state index in [9.17, 15) is 9.59 Å². The maximum absolute atomic E-state index is 12.5. The van der Waals surface area contributed by atoms with Crippen LogP contribution in [0.15, 0.2) is 14.6 Å². The van der Waals surface area contributed by atoms with Gasteiger partial charge < -0.3 is 0 Å². The van der Waals surface area contributed by atoms with E-state index in [4.69, 9.17) is 0 Å². The average Bonchev–Trinajstić information content (AvgIpc) is 3.34. The molecule has 7 heteroatoms. The minimum atomic E-state index is -0.350. The van der Waals surface area contributed by atoms with E-state index in [-0.39, 0.29) is 11.2 Å². The fourth-order valence-electron chi connectivity index (χ4n) is 2.33. The molecule has 0 saturated heterocycles. The summed E-state index contributed by atoms with van der Waals surface area (Å²) in [6.07, 6.45) is 3.15. The summed E-state index contributed by atoms with van der Waals surface area (Å²) < 4.78 is 2.58. The molecule has 1 aliphatic rings. The van der Waals surface area contributed by atoms with E-state index in [0.29, 0.717) is 27.2 Å². The number of hydrogen-bond donors (Lipinski definition) is 0. The highest BCUT2D eigenvalue weighted by molar-refractivity contribution is 8.00. The summed E-state index contributed by atoms with van der Waals surface area (Å²) in [7, 11) is 3.15. The number of aryl methyl sites for hydroxylation is 1. The third-order valence-electron chi connectivity index (χ3n) is 4.11. The summed E-state index contributed by atoms with van der Waals surface area (Å²) in [5.74, 6) is 1.14. The van der Waals surface area contributed by atoms with Gasteiger partial charge in [-0.05, 0) is 19.3 Å². The molecule has 2 aromatic rings. The van der Waals surface area contributed by atoms with Crippen LogP contribution in [0.1, 0.15) is 44.9 Å².